The molecule has 2 N–H and O–H groups in total. The van der Waals surface area contributed by atoms with Gasteiger partial charge in [-0.3, -0.25) is 9.59 Å². The molecular weight excluding hydrogens is 372 g/mol. The van der Waals surface area contributed by atoms with Crippen molar-refractivity contribution in [3.8, 4) is 5.75 Å². The Bertz CT molecular complexity index is 767. The molecule has 2 aromatic carbocycles. The van der Waals surface area contributed by atoms with Gasteiger partial charge in [-0.15, -0.1) is 0 Å². The van der Waals surface area contributed by atoms with Gasteiger partial charge in [-0.1, -0.05) is 42.5 Å². The zero-order valence-corrected chi connectivity index (χ0v) is 17.4. The van der Waals surface area contributed by atoms with Gasteiger partial charge in [-0.05, 0) is 55.5 Å². The summed E-state index contributed by atoms with van der Waals surface area (Å²) in [6.07, 6.45) is 2.54. The van der Waals surface area contributed by atoms with Crippen molar-refractivity contribution in [2.24, 2.45) is 0 Å². The highest BCUT2D eigenvalue weighted by Gasteiger charge is 2.22. The Kier molecular flexibility index (Phi) is 8.88. The third kappa shape index (κ3) is 6.93. The van der Waals surface area contributed by atoms with E-state index in [-0.39, 0.29) is 24.5 Å². The second kappa shape index (κ2) is 11.4. The van der Waals surface area contributed by atoms with Crippen LogP contribution in [0.5, 0.6) is 5.75 Å². The van der Waals surface area contributed by atoms with Crippen LogP contribution >= 0.6 is 11.8 Å². The second-order valence-corrected chi connectivity index (χ2v) is 7.58. The number of ether oxygens (including phenoxy) is 1. The second-order valence-electron chi connectivity index (χ2n) is 6.59. The van der Waals surface area contributed by atoms with Crippen molar-refractivity contribution < 1.29 is 14.3 Å². The summed E-state index contributed by atoms with van der Waals surface area (Å²) in [6.45, 7) is 3.85. The van der Waals surface area contributed by atoms with E-state index in [9.17, 15) is 9.59 Å². The summed E-state index contributed by atoms with van der Waals surface area (Å²) in [5, 5.41) is 5.83. The molecule has 0 bridgehead atoms. The number of aryl methyl sites for hydroxylation is 1. The molecule has 0 fully saturated rings. The molecule has 150 valence electrons. The van der Waals surface area contributed by atoms with Gasteiger partial charge in [0.1, 0.15) is 11.8 Å². The topological polar surface area (TPSA) is 67.4 Å². The number of benzene rings is 2. The van der Waals surface area contributed by atoms with Crippen LogP contribution in [0, 0.1) is 6.92 Å². The molecule has 0 saturated heterocycles. The maximum atomic E-state index is 12.8. The molecule has 6 heteroatoms. The van der Waals surface area contributed by atoms with Gasteiger partial charge in [-0.2, -0.15) is 11.8 Å². The van der Waals surface area contributed by atoms with Crippen LogP contribution in [0.2, 0.25) is 0 Å². The Hall–Kier alpha value is -2.47. The van der Waals surface area contributed by atoms with E-state index < -0.39 is 6.04 Å². The Morgan fingerprint density at radius 2 is 1.71 bits per heavy atom. The standard InChI is InChI=1S/C22H28N2O3S/c1-16-9-7-8-12-19(16)17(2)23-22(26)20(13-14-28-3)24-21(25)15-27-18-10-5-4-6-11-18/h4-12,17,20H,13-15H2,1-3H3,(H,23,26)(H,24,25). The number of amides is 2. The van der Waals surface area contributed by atoms with E-state index in [1.807, 2.05) is 62.6 Å². The maximum absolute atomic E-state index is 12.8. The summed E-state index contributed by atoms with van der Waals surface area (Å²) in [6, 6.07) is 16.4. The monoisotopic (exact) mass is 400 g/mol. The molecule has 2 aromatic rings. The first kappa shape index (κ1) is 21.8. The van der Waals surface area contributed by atoms with Gasteiger partial charge in [0.2, 0.25) is 5.91 Å². The molecular formula is C22H28N2O3S. The molecule has 0 aliphatic heterocycles. The smallest absolute Gasteiger partial charge is 0.258 e. The van der Waals surface area contributed by atoms with Crippen LogP contribution in [0.1, 0.15) is 30.5 Å². The average Bonchev–Trinajstić information content (AvgIpc) is 2.70. The van der Waals surface area contributed by atoms with Crippen LogP contribution in [-0.4, -0.2) is 36.5 Å². The quantitative estimate of drug-likeness (QED) is 0.641. The highest BCUT2D eigenvalue weighted by molar-refractivity contribution is 7.98. The molecule has 0 aromatic heterocycles. The van der Waals surface area contributed by atoms with Crippen LogP contribution < -0.4 is 15.4 Å². The molecule has 5 nitrogen and oxygen atoms in total. The first-order chi connectivity index (χ1) is 13.5. The van der Waals surface area contributed by atoms with Crippen molar-refractivity contribution in [2.75, 3.05) is 18.6 Å². The fourth-order valence-electron chi connectivity index (χ4n) is 2.87. The lowest BCUT2D eigenvalue weighted by molar-refractivity contribution is -0.130. The summed E-state index contributed by atoms with van der Waals surface area (Å²) >= 11 is 1.64. The molecule has 2 amide bonds. The van der Waals surface area contributed by atoms with Crippen molar-refractivity contribution >= 4 is 23.6 Å². The normalized spacial score (nSPS) is 12.7. The van der Waals surface area contributed by atoms with Gasteiger partial charge >= 0.3 is 0 Å². The fraction of sp³-hybridized carbons (Fsp3) is 0.364. The van der Waals surface area contributed by atoms with E-state index in [0.717, 1.165) is 16.9 Å². The van der Waals surface area contributed by atoms with E-state index in [1.165, 1.54) is 0 Å². The minimum absolute atomic E-state index is 0.125. The van der Waals surface area contributed by atoms with Gasteiger partial charge in [0, 0.05) is 0 Å². The van der Waals surface area contributed by atoms with Crippen molar-refractivity contribution in [1.82, 2.24) is 10.6 Å². The largest absolute Gasteiger partial charge is 0.484 e. The van der Waals surface area contributed by atoms with Crippen molar-refractivity contribution in [3.05, 3.63) is 65.7 Å². The van der Waals surface area contributed by atoms with E-state index in [1.54, 1.807) is 23.9 Å². The molecule has 2 atom stereocenters. The van der Waals surface area contributed by atoms with Crippen LogP contribution in [0.4, 0.5) is 0 Å². The lowest BCUT2D eigenvalue weighted by atomic mass is 10.0. The zero-order chi connectivity index (χ0) is 20.4. The van der Waals surface area contributed by atoms with Gasteiger partial charge in [0.25, 0.3) is 5.91 Å². The number of nitrogens with one attached hydrogen (secondary N) is 2. The maximum Gasteiger partial charge on any atom is 0.258 e. The molecule has 0 aliphatic carbocycles. The third-order valence-electron chi connectivity index (χ3n) is 4.39. The molecule has 0 radical (unpaired) electrons. The van der Waals surface area contributed by atoms with Gasteiger partial charge < -0.3 is 15.4 Å². The zero-order valence-electron chi connectivity index (χ0n) is 16.6. The van der Waals surface area contributed by atoms with Crippen LogP contribution in [0.15, 0.2) is 54.6 Å². The number of hydrogen-bond acceptors (Lipinski definition) is 4. The number of carbonyl (C=O) groups is 2. The lowest BCUT2D eigenvalue weighted by Crippen LogP contribution is -2.48. The Morgan fingerprint density at radius 3 is 2.39 bits per heavy atom. The Labute approximate surface area is 171 Å². The summed E-state index contributed by atoms with van der Waals surface area (Å²) in [5.41, 5.74) is 2.19. The molecule has 0 heterocycles. The predicted molar refractivity (Wildman–Crippen MR) is 115 cm³/mol. The molecule has 2 rings (SSSR count). The van der Waals surface area contributed by atoms with Gasteiger partial charge in [0.15, 0.2) is 6.61 Å². The van der Waals surface area contributed by atoms with Crippen LogP contribution in [-0.2, 0) is 9.59 Å². The number of carbonyl (C=O) groups excluding carboxylic acids is 2. The summed E-state index contributed by atoms with van der Waals surface area (Å²) in [4.78, 5) is 25.1. The Morgan fingerprint density at radius 1 is 1.04 bits per heavy atom. The van der Waals surface area contributed by atoms with E-state index >= 15 is 0 Å². The van der Waals surface area contributed by atoms with Crippen LogP contribution in [0.25, 0.3) is 0 Å². The lowest BCUT2D eigenvalue weighted by Gasteiger charge is -2.22. The molecule has 0 saturated carbocycles. The Balaban J connectivity index is 1.94. The van der Waals surface area contributed by atoms with Crippen molar-refractivity contribution in [1.29, 1.82) is 0 Å². The van der Waals surface area contributed by atoms with E-state index in [0.29, 0.717) is 12.2 Å². The first-order valence-corrected chi connectivity index (χ1v) is 10.7. The van der Waals surface area contributed by atoms with Crippen molar-refractivity contribution in [3.63, 3.8) is 0 Å². The third-order valence-corrected chi connectivity index (χ3v) is 5.03. The molecule has 0 spiro atoms. The van der Waals surface area contributed by atoms with E-state index in [4.69, 9.17) is 4.74 Å². The minimum atomic E-state index is -0.592. The number of rotatable bonds is 10. The summed E-state index contributed by atoms with van der Waals surface area (Å²) in [5.74, 6) is 0.902. The van der Waals surface area contributed by atoms with Crippen LogP contribution in [0.3, 0.4) is 0 Å². The molecule has 2 unspecified atom stereocenters. The van der Waals surface area contributed by atoms with Gasteiger partial charge in [0.05, 0.1) is 6.04 Å². The van der Waals surface area contributed by atoms with E-state index in [2.05, 4.69) is 10.6 Å². The fourth-order valence-corrected chi connectivity index (χ4v) is 3.34. The predicted octanol–water partition coefficient (Wildman–Crippen LogP) is 3.49. The highest BCUT2D eigenvalue weighted by atomic mass is 32.2. The summed E-state index contributed by atoms with van der Waals surface area (Å²) < 4.78 is 5.47. The molecule has 28 heavy (non-hydrogen) atoms. The summed E-state index contributed by atoms with van der Waals surface area (Å²) in [7, 11) is 0. The highest BCUT2D eigenvalue weighted by Crippen LogP contribution is 2.17. The minimum Gasteiger partial charge on any atom is -0.484 e. The van der Waals surface area contributed by atoms with Gasteiger partial charge in [-0.25, -0.2) is 0 Å². The average molecular weight is 401 g/mol. The number of thioether (sulfide) groups is 1. The van der Waals surface area contributed by atoms with Crippen molar-refractivity contribution in [2.45, 2.75) is 32.4 Å². The number of hydrogen-bond donors (Lipinski definition) is 2. The first-order valence-electron chi connectivity index (χ1n) is 9.33. The number of para-hydroxylation sites is 1. The molecule has 0 aliphatic rings. The SMILES string of the molecule is CSCCC(NC(=O)COc1ccccc1)C(=O)NC(C)c1ccccc1C.